The first-order valence-electron chi connectivity index (χ1n) is 6.57. The molecule has 2 aromatic rings. The minimum atomic E-state index is -0.155. The van der Waals surface area contributed by atoms with E-state index in [9.17, 15) is 0 Å². The molecule has 6 nitrogen and oxygen atoms in total. The number of nitrogens with one attached hydrogen (secondary N) is 1. The number of hydrogen-bond acceptors (Lipinski definition) is 6. The van der Waals surface area contributed by atoms with Crippen molar-refractivity contribution in [2.75, 3.05) is 11.1 Å². The van der Waals surface area contributed by atoms with E-state index in [0.717, 1.165) is 17.1 Å². The van der Waals surface area contributed by atoms with Gasteiger partial charge in [0.15, 0.2) is 0 Å². The highest BCUT2D eigenvalue weighted by Gasteiger charge is 2.20. The molecule has 2 aromatic heterocycles. The van der Waals surface area contributed by atoms with Gasteiger partial charge in [-0.15, -0.1) is 0 Å². The van der Waals surface area contributed by atoms with Crippen molar-refractivity contribution in [2.24, 2.45) is 0 Å². The van der Waals surface area contributed by atoms with Crippen LogP contribution in [-0.4, -0.2) is 15.0 Å². The van der Waals surface area contributed by atoms with Gasteiger partial charge in [-0.3, -0.25) is 0 Å². The maximum atomic E-state index is 5.96. The Morgan fingerprint density at radius 2 is 1.95 bits per heavy atom. The summed E-state index contributed by atoms with van der Waals surface area (Å²) in [4.78, 5) is 13.1. The van der Waals surface area contributed by atoms with Crippen LogP contribution in [0.3, 0.4) is 0 Å². The average molecular weight is 275 g/mol. The summed E-state index contributed by atoms with van der Waals surface area (Å²) in [6.07, 6.45) is 1.69. The summed E-state index contributed by atoms with van der Waals surface area (Å²) in [5, 5.41) is 3.21. The van der Waals surface area contributed by atoms with E-state index in [1.807, 2.05) is 13.8 Å². The number of hydrogen-bond donors (Lipinski definition) is 2. The lowest BCUT2D eigenvalue weighted by atomic mass is 9.95. The second kappa shape index (κ2) is 5.11. The van der Waals surface area contributed by atoms with E-state index >= 15 is 0 Å². The Hall–Kier alpha value is -2.11. The molecule has 108 valence electrons. The summed E-state index contributed by atoms with van der Waals surface area (Å²) in [6.45, 7) is 10.4. The molecule has 2 rings (SSSR count). The van der Waals surface area contributed by atoms with Crippen molar-refractivity contribution in [1.82, 2.24) is 15.0 Å². The fraction of sp³-hybridized carbons (Fsp3) is 0.500. The Morgan fingerprint density at radius 1 is 1.25 bits per heavy atom. The van der Waals surface area contributed by atoms with Gasteiger partial charge in [-0.1, -0.05) is 20.8 Å². The molecule has 0 aliphatic heterocycles. The number of nitrogens with two attached hydrogens (primary N) is 1. The maximum absolute atomic E-state index is 5.96. The lowest BCUT2D eigenvalue weighted by Gasteiger charge is -2.19. The van der Waals surface area contributed by atoms with Crippen molar-refractivity contribution in [3.63, 3.8) is 0 Å². The van der Waals surface area contributed by atoms with E-state index in [-0.39, 0.29) is 5.41 Å². The van der Waals surface area contributed by atoms with Crippen LogP contribution in [0, 0.1) is 13.8 Å². The molecule has 20 heavy (non-hydrogen) atoms. The first-order valence-corrected chi connectivity index (χ1v) is 6.57. The van der Waals surface area contributed by atoms with Gasteiger partial charge < -0.3 is 15.5 Å². The van der Waals surface area contributed by atoms with E-state index in [4.69, 9.17) is 10.2 Å². The molecule has 0 atom stereocenters. The van der Waals surface area contributed by atoms with Crippen molar-refractivity contribution in [3.8, 4) is 0 Å². The van der Waals surface area contributed by atoms with Crippen LogP contribution in [0.2, 0.25) is 0 Å². The fourth-order valence-electron chi connectivity index (χ4n) is 1.68. The minimum Gasteiger partial charge on any atom is -0.444 e. The summed E-state index contributed by atoms with van der Waals surface area (Å²) in [5.74, 6) is 3.34. The predicted octanol–water partition coefficient (Wildman–Crippen LogP) is 2.57. The molecule has 0 radical (unpaired) electrons. The largest absolute Gasteiger partial charge is 0.444 e. The molecule has 0 amide bonds. The van der Waals surface area contributed by atoms with E-state index in [0.29, 0.717) is 24.1 Å². The van der Waals surface area contributed by atoms with Crippen LogP contribution >= 0.6 is 0 Å². The molecule has 0 bridgehead atoms. The zero-order valence-electron chi connectivity index (χ0n) is 12.6. The smallest absolute Gasteiger partial charge is 0.213 e. The number of aryl methyl sites for hydroxylation is 1. The molecule has 0 saturated heterocycles. The Bertz CT molecular complexity index is 613. The quantitative estimate of drug-likeness (QED) is 0.894. The van der Waals surface area contributed by atoms with Gasteiger partial charge in [0.05, 0.1) is 12.7 Å². The van der Waals surface area contributed by atoms with Gasteiger partial charge in [0.1, 0.15) is 23.2 Å². The van der Waals surface area contributed by atoms with Gasteiger partial charge in [-0.25, -0.2) is 15.0 Å². The van der Waals surface area contributed by atoms with E-state index in [2.05, 4.69) is 41.0 Å². The van der Waals surface area contributed by atoms with Gasteiger partial charge in [-0.2, -0.15) is 0 Å². The molecule has 6 heteroatoms. The number of aromatic nitrogens is 3. The molecular formula is C14H21N5O. The number of nitrogen functional groups attached to an aromatic ring is 1. The van der Waals surface area contributed by atoms with Gasteiger partial charge in [0.25, 0.3) is 0 Å². The predicted molar refractivity (Wildman–Crippen MR) is 78.4 cm³/mol. The first kappa shape index (κ1) is 14.3. The Balaban J connectivity index is 2.24. The van der Waals surface area contributed by atoms with Crippen LogP contribution in [0.25, 0.3) is 0 Å². The number of anilines is 2. The monoisotopic (exact) mass is 275 g/mol. The van der Waals surface area contributed by atoms with Crippen molar-refractivity contribution in [2.45, 2.75) is 46.6 Å². The third-order valence-corrected chi connectivity index (χ3v) is 2.93. The standard InChI is InChI=1S/C14H21N5O/c1-8-6-16-10(20-8)7-17-12-9(2)11(15)18-13(19-12)14(3,4)5/h6H,7H2,1-5H3,(H3,15,17,18,19). The summed E-state index contributed by atoms with van der Waals surface area (Å²) < 4.78 is 5.42. The summed E-state index contributed by atoms with van der Waals surface area (Å²) >= 11 is 0. The van der Waals surface area contributed by atoms with Crippen LogP contribution in [0.15, 0.2) is 10.6 Å². The van der Waals surface area contributed by atoms with Crippen LogP contribution in [0.5, 0.6) is 0 Å². The van der Waals surface area contributed by atoms with Crippen LogP contribution in [0.1, 0.15) is 43.8 Å². The van der Waals surface area contributed by atoms with Crippen LogP contribution in [0.4, 0.5) is 11.6 Å². The molecular weight excluding hydrogens is 254 g/mol. The normalized spacial score (nSPS) is 11.7. The first-order chi connectivity index (χ1) is 9.27. The summed E-state index contributed by atoms with van der Waals surface area (Å²) in [6, 6.07) is 0. The van der Waals surface area contributed by atoms with E-state index in [1.54, 1.807) is 6.20 Å². The molecule has 0 aliphatic carbocycles. The Labute approximate surface area is 118 Å². The number of rotatable bonds is 3. The molecule has 0 spiro atoms. The van der Waals surface area contributed by atoms with Crippen molar-refractivity contribution in [1.29, 1.82) is 0 Å². The van der Waals surface area contributed by atoms with Gasteiger partial charge in [-0.05, 0) is 13.8 Å². The minimum absolute atomic E-state index is 0.155. The third kappa shape index (κ3) is 3.07. The average Bonchev–Trinajstić information content (AvgIpc) is 2.75. The molecule has 3 N–H and O–H groups in total. The molecule has 0 aliphatic rings. The molecule has 2 heterocycles. The Morgan fingerprint density at radius 3 is 2.50 bits per heavy atom. The van der Waals surface area contributed by atoms with Crippen LogP contribution < -0.4 is 11.1 Å². The highest BCUT2D eigenvalue weighted by molar-refractivity contribution is 5.55. The molecule has 0 aromatic carbocycles. The second-order valence-corrected chi connectivity index (χ2v) is 5.87. The summed E-state index contributed by atoms with van der Waals surface area (Å²) in [7, 11) is 0. The molecule has 0 fully saturated rings. The highest BCUT2D eigenvalue weighted by atomic mass is 16.4. The summed E-state index contributed by atoms with van der Waals surface area (Å²) in [5.41, 5.74) is 6.64. The second-order valence-electron chi connectivity index (χ2n) is 5.87. The van der Waals surface area contributed by atoms with Crippen molar-refractivity contribution in [3.05, 3.63) is 29.2 Å². The Kier molecular flexibility index (Phi) is 3.65. The highest BCUT2D eigenvalue weighted by Crippen LogP contribution is 2.24. The van der Waals surface area contributed by atoms with Gasteiger partial charge in [0, 0.05) is 11.0 Å². The molecule has 0 saturated carbocycles. The fourth-order valence-corrected chi connectivity index (χ4v) is 1.68. The zero-order valence-corrected chi connectivity index (χ0v) is 12.6. The maximum Gasteiger partial charge on any atom is 0.213 e. The zero-order chi connectivity index (χ0) is 14.9. The number of oxazole rings is 1. The molecule has 0 unspecified atom stereocenters. The van der Waals surface area contributed by atoms with Gasteiger partial charge in [0.2, 0.25) is 5.89 Å². The third-order valence-electron chi connectivity index (χ3n) is 2.93. The van der Waals surface area contributed by atoms with Crippen molar-refractivity contribution < 1.29 is 4.42 Å². The van der Waals surface area contributed by atoms with Crippen molar-refractivity contribution >= 4 is 11.6 Å². The lowest BCUT2D eigenvalue weighted by molar-refractivity contribution is 0.478. The van der Waals surface area contributed by atoms with E-state index in [1.165, 1.54) is 0 Å². The van der Waals surface area contributed by atoms with Gasteiger partial charge >= 0.3 is 0 Å². The lowest BCUT2D eigenvalue weighted by Crippen LogP contribution is -2.19. The topological polar surface area (TPSA) is 89.9 Å². The van der Waals surface area contributed by atoms with Crippen LogP contribution in [-0.2, 0) is 12.0 Å². The number of nitrogens with zero attached hydrogens (tertiary/aromatic N) is 3. The SMILES string of the molecule is Cc1cnc(CNc2nc(C(C)(C)C)nc(N)c2C)o1. The van der Waals surface area contributed by atoms with E-state index < -0.39 is 0 Å².